The zero-order valence-corrected chi connectivity index (χ0v) is 12.2. The molecule has 0 spiro atoms. The van der Waals surface area contributed by atoms with Crippen LogP contribution in [0.15, 0.2) is 28.8 Å². The topological polar surface area (TPSA) is 64.9 Å². The Balaban J connectivity index is 1.88. The predicted octanol–water partition coefficient (Wildman–Crippen LogP) is 3.75. The minimum Gasteiger partial charge on any atom is -0.337 e. The van der Waals surface area contributed by atoms with Crippen molar-refractivity contribution in [2.24, 2.45) is 11.7 Å². The molecule has 0 bridgehead atoms. The minimum atomic E-state index is -0.477. The van der Waals surface area contributed by atoms with Crippen molar-refractivity contribution in [1.82, 2.24) is 10.1 Å². The summed E-state index contributed by atoms with van der Waals surface area (Å²) >= 11 is 5.88. The van der Waals surface area contributed by atoms with Gasteiger partial charge in [-0.05, 0) is 43.0 Å². The van der Waals surface area contributed by atoms with Crippen LogP contribution in [-0.4, -0.2) is 10.1 Å². The fourth-order valence-electron chi connectivity index (χ4n) is 2.93. The van der Waals surface area contributed by atoms with Crippen molar-refractivity contribution in [3.05, 3.63) is 35.2 Å². The normalized spacial score (nSPS) is 26.6. The molecule has 20 heavy (non-hydrogen) atoms. The van der Waals surface area contributed by atoms with Crippen molar-refractivity contribution >= 4 is 11.6 Å². The molecule has 1 aliphatic rings. The van der Waals surface area contributed by atoms with Crippen molar-refractivity contribution in [2.45, 2.75) is 38.1 Å². The molecule has 1 saturated carbocycles. The standard InChI is InChI=1S/C15H18ClN3O/c1-10-3-2-8-15(17,9-10)14-18-13(19-20-14)11-4-6-12(16)7-5-11/h4-7,10H,2-3,8-9,17H2,1H3. The van der Waals surface area contributed by atoms with E-state index in [1.807, 2.05) is 24.3 Å². The number of aromatic nitrogens is 2. The number of halogens is 1. The maximum atomic E-state index is 6.47. The lowest BCUT2D eigenvalue weighted by Crippen LogP contribution is -2.41. The quantitative estimate of drug-likeness (QED) is 0.915. The van der Waals surface area contributed by atoms with Gasteiger partial charge in [-0.1, -0.05) is 36.5 Å². The van der Waals surface area contributed by atoms with Gasteiger partial charge in [0, 0.05) is 10.6 Å². The Hall–Kier alpha value is -1.39. The van der Waals surface area contributed by atoms with Crippen molar-refractivity contribution in [1.29, 1.82) is 0 Å². The Bertz CT molecular complexity index is 595. The number of rotatable bonds is 2. The first-order chi connectivity index (χ1) is 9.57. The van der Waals surface area contributed by atoms with Crippen molar-refractivity contribution in [2.75, 3.05) is 0 Å². The number of nitrogens with two attached hydrogens (primary N) is 1. The molecule has 5 heteroatoms. The molecule has 106 valence electrons. The lowest BCUT2D eigenvalue weighted by atomic mass is 9.77. The number of hydrogen-bond donors (Lipinski definition) is 1. The highest BCUT2D eigenvalue weighted by Crippen LogP contribution is 2.37. The molecular formula is C15H18ClN3O. The summed E-state index contributed by atoms with van der Waals surface area (Å²) in [5.74, 6) is 1.72. The Labute approximate surface area is 123 Å². The van der Waals surface area contributed by atoms with E-state index in [2.05, 4.69) is 17.1 Å². The fraction of sp³-hybridized carbons (Fsp3) is 0.467. The summed E-state index contributed by atoms with van der Waals surface area (Å²) in [4.78, 5) is 4.49. The van der Waals surface area contributed by atoms with Crippen LogP contribution < -0.4 is 5.73 Å². The summed E-state index contributed by atoms with van der Waals surface area (Å²) in [6.45, 7) is 2.22. The lowest BCUT2D eigenvalue weighted by Gasteiger charge is -2.33. The summed E-state index contributed by atoms with van der Waals surface area (Å²) in [5.41, 5.74) is 6.88. The number of benzene rings is 1. The molecule has 2 unspecified atom stereocenters. The van der Waals surface area contributed by atoms with Crippen LogP contribution in [0.3, 0.4) is 0 Å². The second-order valence-corrected chi connectivity index (χ2v) is 6.22. The van der Waals surface area contributed by atoms with E-state index in [-0.39, 0.29) is 0 Å². The zero-order chi connectivity index (χ0) is 14.2. The smallest absolute Gasteiger partial charge is 0.247 e. The molecule has 0 saturated heterocycles. The zero-order valence-electron chi connectivity index (χ0n) is 11.5. The highest BCUT2D eigenvalue weighted by molar-refractivity contribution is 6.30. The van der Waals surface area contributed by atoms with E-state index in [9.17, 15) is 0 Å². The molecule has 2 aromatic rings. The second-order valence-electron chi connectivity index (χ2n) is 5.79. The Morgan fingerprint density at radius 3 is 2.80 bits per heavy atom. The molecule has 0 aliphatic heterocycles. The summed E-state index contributed by atoms with van der Waals surface area (Å²) in [6, 6.07) is 7.38. The average molecular weight is 292 g/mol. The maximum absolute atomic E-state index is 6.47. The lowest BCUT2D eigenvalue weighted by molar-refractivity contribution is 0.183. The molecule has 0 radical (unpaired) electrons. The number of hydrogen-bond acceptors (Lipinski definition) is 4. The van der Waals surface area contributed by atoms with Gasteiger partial charge in [0.15, 0.2) is 0 Å². The van der Waals surface area contributed by atoms with E-state index in [0.717, 1.165) is 24.8 Å². The van der Waals surface area contributed by atoms with Gasteiger partial charge >= 0.3 is 0 Å². The van der Waals surface area contributed by atoms with E-state index in [0.29, 0.717) is 22.7 Å². The van der Waals surface area contributed by atoms with Crippen LogP contribution in [0.1, 0.15) is 38.5 Å². The van der Waals surface area contributed by atoms with Gasteiger partial charge in [0.1, 0.15) is 0 Å². The summed E-state index contributed by atoms with van der Waals surface area (Å²) in [5, 5.41) is 4.74. The predicted molar refractivity (Wildman–Crippen MR) is 78.2 cm³/mol. The van der Waals surface area contributed by atoms with Crippen LogP contribution >= 0.6 is 11.6 Å². The highest BCUT2D eigenvalue weighted by atomic mass is 35.5. The first-order valence-corrected chi connectivity index (χ1v) is 7.34. The van der Waals surface area contributed by atoms with Crippen molar-refractivity contribution in [3.8, 4) is 11.4 Å². The van der Waals surface area contributed by atoms with Gasteiger partial charge in [-0.3, -0.25) is 0 Å². The third-order valence-corrected chi connectivity index (χ3v) is 4.24. The van der Waals surface area contributed by atoms with Gasteiger partial charge in [-0.25, -0.2) is 0 Å². The monoisotopic (exact) mass is 291 g/mol. The molecule has 1 aromatic carbocycles. The van der Waals surface area contributed by atoms with Crippen LogP contribution in [0.5, 0.6) is 0 Å². The third kappa shape index (κ3) is 2.58. The second kappa shape index (κ2) is 5.19. The molecule has 2 N–H and O–H groups in total. The van der Waals surface area contributed by atoms with Gasteiger partial charge in [-0.2, -0.15) is 4.98 Å². The van der Waals surface area contributed by atoms with E-state index in [1.165, 1.54) is 6.42 Å². The molecule has 1 heterocycles. The summed E-state index contributed by atoms with van der Waals surface area (Å²) < 4.78 is 5.42. The molecule has 0 amide bonds. The van der Waals surface area contributed by atoms with Gasteiger partial charge in [-0.15, -0.1) is 0 Å². The molecule has 1 aromatic heterocycles. The van der Waals surface area contributed by atoms with Gasteiger partial charge < -0.3 is 10.3 Å². The fourth-order valence-corrected chi connectivity index (χ4v) is 3.05. The van der Waals surface area contributed by atoms with Crippen LogP contribution in [0.2, 0.25) is 5.02 Å². The van der Waals surface area contributed by atoms with E-state index < -0.39 is 5.54 Å². The van der Waals surface area contributed by atoms with Crippen LogP contribution in [-0.2, 0) is 5.54 Å². The minimum absolute atomic E-state index is 0.477. The van der Waals surface area contributed by atoms with E-state index in [4.69, 9.17) is 21.9 Å². The molecule has 1 aliphatic carbocycles. The molecular weight excluding hydrogens is 274 g/mol. The summed E-state index contributed by atoms with van der Waals surface area (Å²) in [6.07, 6.45) is 4.13. The third-order valence-electron chi connectivity index (χ3n) is 3.99. The highest BCUT2D eigenvalue weighted by Gasteiger charge is 2.37. The molecule has 1 fully saturated rings. The van der Waals surface area contributed by atoms with E-state index in [1.54, 1.807) is 0 Å². The van der Waals surface area contributed by atoms with Gasteiger partial charge in [0.2, 0.25) is 11.7 Å². The Morgan fingerprint density at radius 2 is 2.10 bits per heavy atom. The number of nitrogens with zero attached hydrogens (tertiary/aromatic N) is 2. The van der Waals surface area contributed by atoms with Crippen molar-refractivity contribution in [3.63, 3.8) is 0 Å². The van der Waals surface area contributed by atoms with Crippen LogP contribution in [0.25, 0.3) is 11.4 Å². The SMILES string of the molecule is CC1CCCC(N)(c2nc(-c3ccc(Cl)cc3)no2)C1. The molecule has 4 nitrogen and oxygen atoms in total. The summed E-state index contributed by atoms with van der Waals surface area (Å²) in [7, 11) is 0. The average Bonchev–Trinajstić information content (AvgIpc) is 2.90. The molecule has 2 atom stereocenters. The Kier molecular flexibility index (Phi) is 3.52. The first kappa shape index (κ1) is 13.6. The van der Waals surface area contributed by atoms with Crippen LogP contribution in [0, 0.1) is 5.92 Å². The Morgan fingerprint density at radius 1 is 1.35 bits per heavy atom. The van der Waals surface area contributed by atoms with Gasteiger partial charge in [0.05, 0.1) is 5.54 Å². The molecule has 3 rings (SSSR count). The largest absolute Gasteiger partial charge is 0.337 e. The first-order valence-electron chi connectivity index (χ1n) is 6.96. The van der Waals surface area contributed by atoms with Crippen LogP contribution in [0.4, 0.5) is 0 Å². The van der Waals surface area contributed by atoms with Crippen molar-refractivity contribution < 1.29 is 4.52 Å². The van der Waals surface area contributed by atoms with Gasteiger partial charge in [0.25, 0.3) is 0 Å². The van der Waals surface area contributed by atoms with E-state index >= 15 is 0 Å². The maximum Gasteiger partial charge on any atom is 0.247 e.